The monoisotopic (exact) mass is 155 g/mol. The van der Waals surface area contributed by atoms with Crippen molar-refractivity contribution in [3.8, 4) is 0 Å². The van der Waals surface area contributed by atoms with E-state index in [1.54, 1.807) is 0 Å². The Labute approximate surface area is 70.4 Å². The highest BCUT2D eigenvalue weighted by molar-refractivity contribution is 4.78. The van der Waals surface area contributed by atoms with Crippen molar-refractivity contribution in [2.24, 2.45) is 17.6 Å². The Bertz CT molecular complexity index is 97.0. The summed E-state index contributed by atoms with van der Waals surface area (Å²) in [7, 11) is 0. The maximum absolute atomic E-state index is 5.42. The molecule has 1 aliphatic carbocycles. The van der Waals surface area contributed by atoms with Crippen molar-refractivity contribution in [2.75, 3.05) is 6.54 Å². The fourth-order valence-electron chi connectivity index (χ4n) is 1.69. The molecule has 1 heteroatoms. The molecule has 0 amide bonds. The molecule has 0 saturated heterocycles. The fraction of sp³-hybridized carbons (Fsp3) is 1.00. The Balaban J connectivity index is 1.85. The summed E-state index contributed by atoms with van der Waals surface area (Å²) in [5.41, 5.74) is 5.42. The predicted octanol–water partition coefficient (Wildman–Crippen LogP) is 2.55. The van der Waals surface area contributed by atoms with Gasteiger partial charge in [0.05, 0.1) is 0 Å². The minimum atomic E-state index is 0.873. The van der Waals surface area contributed by atoms with Gasteiger partial charge in [-0.05, 0) is 37.6 Å². The van der Waals surface area contributed by atoms with Gasteiger partial charge in [-0.3, -0.25) is 0 Å². The quantitative estimate of drug-likeness (QED) is 0.586. The predicted molar refractivity (Wildman–Crippen MR) is 49.4 cm³/mol. The van der Waals surface area contributed by atoms with Gasteiger partial charge in [0.2, 0.25) is 0 Å². The smallest absolute Gasteiger partial charge is 0.00773 e. The molecule has 1 fully saturated rings. The minimum absolute atomic E-state index is 0.873. The van der Waals surface area contributed by atoms with Crippen molar-refractivity contribution < 1.29 is 0 Å². The molecule has 0 aromatic rings. The van der Waals surface area contributed by atoms with Gasteiger partial charge < -0.3 is 5.73 Å². The van der Waals surface area contributed by atoms with E-state index in [0.717, 1.165) is 18.4 Å². The molecule has 1 saturated carbocycles. The van der Waals surface area contributed by atoms with Crippen LogP contribution in [0.2, 0.25) is 0 Å². The number of hydrogen-bond acceptors (Lipinski definition) is 1. The lowest BCUT2D eigenvalue weighted by atomic mass is 9.99. The first-order valence-electron chi connectivity index (χ1n) is 5.04. The van der Waals surface area contributed by atoms with Crippen LogP contribution in [0.3, 0.4) is 0 Å². The van der Waals surface area contributed by atoms with Gasteiger partial charge in [-0.15, -0.1) is 0 Å². The van der Waals surface area contributed by atoms with Crippen LogP contribution in [0.4, 0.5) is 0 Å². The van der Waals surface area contributed by atoms with Gasteiger partial charge in [0, 0.05) is 0 Å². The average Bonchev–Trinajstić information content (AvgIpc) is 2.79. The number of unbranched alkanes of at least 4 members (excludes halogenated alkanes) is 2. The SMILES string of the molecule is CC(CCCCCN)C1CC1. The second-order valence-corrected chi connectivity index (χ2v) is 3.95. The summed E-state index contributed by atoms with van der Waals surface area (Å²) in [5.74, 6) is 2.08. The second-order valence-electron chi connectivity index (χ2n) is 3.95. The van der Waals surface area contributed by atoms with Crippen molar-refractivity contribution in [2.45, 2.75) is 45.4 Å². The third-order valence-corrected chi connectivity index (χ3v) is 2.79. The molecule has 0 spiro atoms. The molecule has 0 bridgehead atoms. The van der Waals surface area contributed by atoms with E-state index in [1.807, 2.05) is 0 Å². The fourth-order valence-corrected chi connectivity index (χ4v) is 1.69. The standard InChI is InChI=1S/C10H21N/c1-9(10-6-7-10)5-3-2-4-8-11/h9-10H,2-8,11H2,1H3. The van der Waals surface area contributed by atoms with Gasteiger partial charge in [0.15, 0.2) is 0 Å². The van der Waals surface area contributed by atoms with E-state index in [0.29, 0.717) is 0 Å². The first-order valence-corrected chi connectivity index (χ1v) is 5.04. The van der Waals surface area contributed by atoms with Crippen LogP contribution in [-0.4, -0.2) is 6.54 Å². The van der Waals surface area contributed by atoms with Crippen LogP contribution in [0.1, 0.15) is 45.4 Å². The summed E-state index contributed by atoms with van der Waals surface area (Å²) in [4.78, 5) is 0. The molecule has 0 aromatic heterocycles. The first-order chi connectivity index (χ1) is 5.34. The molecule has 1 unspecified atom stereocenters. The molecule has 0 heterocycles. The van der Waals surface area contributed by atoms with Crippen LogP contribution in [0, 0.1) is 11.8 Å². The zero-order valence-electron chi connectivity index (χ0n) is 7.68. The van der Waals surface area contributed by atoms with Gasteiger partial charge in [0.1, 0.15) is 0 Å². The van der Waals surface area contributed by atoms with Gasteiger partial charge >= 0.3 is 0 Å². The summed E-state index contributed by atoms with van der Waals surface area (Å²) in [5, 5.41) is 0. The highest BCUT2D eigenvalue weighted by Crippen LogP contribution is 2.38. The van der Waals surface area contributed by atoms with Crippen LogP contribution >= 0.6 is 0 Å². The molecule has 1 rings (SSSR count). The molecule has 1 atom stereocenters. The molecule has 0 aliphatic heterocycles. The zero-order chi connectivity index (χ0) is 8.10. The van der Waals surface area contributed by atoms with Crippen LogP contribution < -0.4 is 5.73 Å². The lowest BCUT2D eigenvalue weighted by Gasteiger charge is -2.08. The third-order valence-electron chi connectivity index (χ3n) is 2.79. The van der Waals surface area contributed by atoms with E-state index < -0.39 is 0 Å². The van der Waals surface area contributed by atoms with Gasteiger partial charge in [-0.2, -0.15) is 0 Å². The number of nitrogens with two attached hydrogens (primary N) is 1. The average molecular weight is 155 g/mol. The van der Waals surface area contributed by atoms with Crippen molar-refractivity contribution in [1.29, 1.82) is 0 Å². The Hall–Kier alpha value is -0.0400. The Morgan fingerprint density at radius 3 is 2.55 bits per heavy atom. The summed E-state index contributed by atoms with van der Waals surface area (Å²) >= 11 is 0. The molecule has 1 nitrogen and oxygen atoms in total. The Morgan fingerprint density at radius 1 is 1.27 bits per heavy atom. The van der Waals surface area contributed by atoms with Gasteiger partial charge in [-0.1, -0.05) is 26.2 Å². The lowest BCUT2D eigenvalue weighted by Crippen LogP contribution is -2.00. The maximum atomic E-state index is 5.42. The van der Waals surface area contributed by atoms with Crippen LogP contribution in [-0.2, 0) is 0 Å². The molecule has 66 valence electrons. The van der Waals surface area contributed by atoms with Crippen molar-refractivity contribution >= 4 is 0 Å². The third kappa shape index (κ3) is 3.76. The van der Waals surface area contributed by atoms with Gasteiger partial charge in [0.25, 0.3) is 0 Å². The summed E-state index contributed by atoms with van der Waals surface area (Å²) < 4.78 is 0. The highest BCUT2D eigenvalue weighted by Gasteiger charge is 2.26. The Kier molecular flexibility index (Phi) is 3.92. The van der Waals surface area contributed by atoms with Crippen LogP contribution in [0.5, 0.6) is 0 Å². The van der Waals surface area contributed by atoms with E-state index in [1.165, 1.54) is 38.5 Å². The molecule has 1 aliphatic rings. The molecule has 0 aromatic carbocycles. The second kappa shape index (κ2) is 4.76. The molecule has 0 radical (unpaired) electrons. The molecular formula is C10H21N. The van der Waals surface area contributed by atoms with Crippen molar-refractivity contribution in [3.63, 3.8) is 0 Å². The topological polar surface area (TPSA) is 26.0 Å². The van der Waals surface area contributed by atoms with E-state index >= 15 is 0 Å². The lowest BCUT2D eigenvalue weighted by molar-refractivity contribution is 0.442. The van der Waals surface area contributed by atoms with Crippen molar-refractivity contribution in [3.05, 3.63) is 0 Å². The van der Waals surface area contributed by atoms with E-state index in [4.69, 9.17) is 5.73 Å². The van der Waals surface area contributed by atoms with Gasteiger partial charge in [-0.25, -0.2) is 0 Å². The minimum Gasteiger partial charge on any atom is -0.330 e. The summed E-state index contributed by atoms with van der Waals surface area (Å²) in [6, 6.07) is 0. The first kappa shape index (κ1) is 9.05. The highest BCUT2D eigenvalue weighted by atomic mass is 14.5. The number of hydrogen-bond donors (Lipinski definition) is 1. The van der Waals surface area contributed by atoms with E-state index in [2.05, 4.69) is 6.92 Å². The molecule has 11 heavy (non-hydrogen) atoms. The number of rotatable bonds is 6. The largest absolute Gasteiger partial charge is 0.330 e. The maximum Gasteiger partial charge on any atom is -0.00773 e. The molecular weight excluding hydrogens is 134 g/mol. The normalized spacial score (nSPS) is 20.2. The van der Waals surface area contributed by atoms with E-state index in [9.17, 15) is 0 Å². The Morgan fingerprint density at radius 2 is 2.00 bits per heavy atom. The summed E-state index contributed by atoms with van der Waals surface area (Å²) in [6.45, 7) is 3.28. The zero-order valence-corrected chi connectivity index (χ0v) is 7.68. The molecule has 2 N–H and O–H groups in total. The summed E-state index contributed by atoms with van der Waals surface area (Å²) in [6.07, 6.45) is 8.39. The van der Waals surface area contributed by atoms with Crippen LogP contribution in [0.25, 0.3) is 0 Å². The van der Waals surface area contributed by atoms with Crippen LogP contribution in [0.15, 0.2) is 0 Å². The van der Waals surface area contributed by atoms with Crippen molar-refractivity contribution in [1.82, 2.24) is 0 Å². The van der Waals surface area contributed by atoms with E-state index in [-0.39, 0.29) is 0 Å².